The smallest absolute Gasteiger partial charge is 0.0162 e. The van der Waals surface area contributed by atoms with E-state index in [0.717, 1.165) is 11.8 Å². The molecule has 0 spiro atoms. The molecule has 2 aromatic carbocycles. The molecule has 23 heavy (non-hydrogen) atoms. The number of hydrogen-bond donors (Lipinski definition) is 0. The zero-order valence-electron chi connectivity index (χ0n) is 14.2. The van der Waals surface area contributed by atoms with Crippen LogP contribution in [-0.2, 0) is 0 Å². The lowest BCUT2D eigenvalue weighted by Gasteiger charge is -2.27. The molecular formula is C23H28. The third-order valence-corrected chi connectivity index (χ3v) is 5.12. The SMILES string of the molecule is CCC/C=C/C1CCC(c2ccc(-c3ccccc3)cc2)CC1. The Morgan fingerprint density at radius 3 is 2.13 bits per heavy atom. The molecule has 120 valence electrons. The van der Waals surface area contributed by atoms with Gasteiger partial charge >= 0.3 is 0 Å². The summed E-state index contributed by atoms with van der Waals surface area (Å²) in [6.07, 6.45) is 12.7. The Morgan fingerprint density at radius 2 is 1.48 bits per heavy atom. The van der Waals surface area contributed by atoms with Crippen molar-refractivity contribution in [3.63, 3.8) is 0 Å². The highest BCUT2D eigenvalue weighted by molar-refractivity contribution is 5.63. The first-order valence-electron chi connectivity index (χ1n) is 9.19. The van der Waals surface area contributed by atoms with Gasteiger partial charge in [-0.1, -0.05) is 80.1 Å². The maximum atomic E-state index is 2.47. The average molecular weight is 304 g/mol. The summed E-state index contributed by atoms with van der Waals surface area (Å²) >= 11 is 0. The molecule has 0 heteroatoms. The van der Waals surface area contributed by atoms with E-state index in [4.69, 9.17) is 0 Å². The van der Waals surface area contributed by atoms with Crippen molar-refractivity contribution in [2.24, 2.45) is 5.92 Å². The molecule has 2 aromatic rings. The van der Waals surface area contributed by atoms with Crippen LogP contribution < -0.4 is 0 Å². The van der Waals surface area contributed by atoms with Gasteiger partial charge in [0, 0.05) is 0 Å². The number of unbranched alkanes of at least 4 members (excludes halogenated alkanes) is 1. The molecule has 1 fully saturated rings. The van der Waals surface area contributed by atoms with Gasteiger partial charge in [0.1, 0.15) is 0 Å². The maximum absolute atomic E-state index is 2.47. The van der Waals surface area contributed by atoms with Gasteiger partial charge in [-0.3, -0.25) is 0 Å². The van der Waals surface area contributed by atoms with Crippen LogP contribution in [0.5, 0.6) is 0 Å². The molecule has 3 rings (SSSR count). The highest BCUT2D eigenvalue weighted by Gasteiger charge is 2.20. The van der Waals surface area contributed by atoms with Gasteiger partial charge in [0.05, 0.1) is 0 Å². The van der Waals surface area contributed by atoms with Gasteiger partial charge in [-0.25, -0.2) is 0 Å². The van der Waals surface area contributed by atoms with E-state index >= 15 is 0 Å². The number of hydrogen-bond acceptors (Lipinski definition) is 0. The molecule has 1 aliphatic rings. The van der Waals surface area contributed by atoms with Crippen LogP contribution in [0.25, 0.3) is 11.1 Å². The maximum Gasteiger partial charge on any atom is -0.0162 e. The molecule has 0 N–H and O–H groups in total. The quantitative estimate of drug-likeness (QED) is 0.522. The van der Waals surface area contributed by atoms with Crippen molar-refractivity contribution in [2.45, 2.75) is 51.4 Å². The standard InChI is InChI=1S/C23H28/c1-2-3-5-8-19-11-13-21(14-12-19)23-17-15-22(16-18-23)20-9-6-4-7-10-20/h4-10,15-19,21H,2-3,11-14H2,1H3/b8-5+. The topological polar surface area (TPSA) is 0 Å². The van der Waals surface area contributed by atoms with E-state index in [9.17, 15) is 0 Å². The van der Waals surface area contributed by atoms with E-state index < -0.39 is 0 Å². The number of allylic oxidation sites excluding steroid dienone is 2. The summed E-state index contributed by atoms with van der Waals surface area (Å²) in [6, 6.07) is 19.9. The third kappa shape index (κ3) is 4.34. The summed E-state index contributed by atoms with van der Waals surface area (Å²) in [5, 5.41) is 0. The highest BCUT2D eigenvalue weighted by atomic mass is 14.3. The van der Waals surface area contributed by atoms with E-state index in [2.05, 4.69) is 73.7 Å². The van der Waals surface area contributed by atoms with Crippen molar-refractivity contribution in [3.05, 3.63) is 72.3 Å². The fourth-order valence-corrected chi connectivity index (χ4v) is 3.68. The Balaban J connectivity index is 1.59. The van der Waals surface area contributed by atoms with Crippen molar-refractivity contribution in [1.29, 1.82) is 0 Å². The predicted molar refractivity (Wildman–Crippen MR) is 101 cm³/mol. The molecule has 0 heterocycles. The Morgan fingerprint density at radius 1 is 0.826 bits per heavy atom. The first kappa shape index (κ1) is 16.1. The lowest BCUT2D eigenvalue weighted by molar-refractivity contribution is 0.375. The van der Waals surface area contributed by atoms with Crippen LogP contribution in [0.1, 0.15) is 56.9 Å². The fraction of sp³-hybridized carbons (Fsp3) is 0.391. The first-order valence-corrected chi connectivity index (χ1v) is 9.19. The summed E-state index contributed by atoms with van der Waals surface area (Å²) in [4.78, 5) is 0. The Labute approximate surface area is 141 Å². The molecule has 0 unspecified atom stereocenters. The second-order valence-electron chi connectivity index (χ2n) is 6.82. The summed E-state index contributed by atoms with van der Waals surface area (Å²) in [5.41, 5.74) is 4.16. The first-order chi connectivity index (χ1) is 11.4. The number of benzene rings is 2. The summed E-state index contributed by atoms with van der Waals surface area (Å²) in [5.74, 6) is 1.58. The Bertz CT molecular complexity index is 598. The zero-order chi connectivity index (χ0) is 15.9. The molecule has 0 nitrogen and oxygen atoms in total. The van der Waals surface area contributed by atoms with E-state index in [0.29, 0.717) is 0 Å². The molecule has 0 saturated heterocycles. The van der Waals surface area contributed by atoms with E-state index in [1.54, 1.807) is 0 Å². The van der Waals surface area contributed by atoms with Crippen LogP contribution in [0, 0.1) is 5.92 Å². The second-order valence-corrected chi connectivity index (χ2v) is 6.82. The van der Waals surface area contributed by atoms with Crippen molar-refractivity contribution in [2.75, 3.05) is 0 Å². The normalized spacial score (nSPS) is 21.6. The van der Waals surface area contributed by atoms with Crippen LogP contribution in [0.4, 0.5) is 0 Å². The van der Waals surface area contributed by atoms with Gasteiger partial charge in [-0.2, -0.15) is 0 Å². The average Bonchev–Trinajstić information content (AvgIpc) is 2.63. The van der Waals surface area contributed by atoms with Gasteiger partial charge in [-0.15, -0.1) is 0 Å². The summed E-state index contributed by atoms with van der Waals surface area (Å²) < 4.78 is 0. The van der Waals surface area contributed by atoms with Crippen LogP contribution >= 0.6 is 0 Å². The van der Waals surface area contributed by atoms with Crippen LogP contribution in [0.2, 0.25) is 0 Å². The molecule has 1 saturated carbocycles. The fourth-order valence-electron chi connectivity index (χ4n) is 3.68. The summed E-state index contributed by atoms with van der Waals surface area (Å²) in [7, 11) is 0. The Hall–Kier alpha value is -1.82. The molecule has 0 radical (unpaired) electrons. The molecule has 0 aliphatic heterocycles. The molecular weight excluding hydrogens is 276 g/mol. The van der Waals surface area contributed by atoms with Crippen molar-refractivity contribution < 1.29 is 0 Å². The minimum atomic E-state index is 0.760. The summed E-state index contributed by atoms with van der Waals surface area (Å²) in [6.45, 7) is 2.25. The monoisotopic (exact) mass is 304 g/mol. The van der Waals surface area contributed by atoms with Crippen molar-refractivity contribution >= 4 is 0 Å². The van der Waals surface area contributed by atoms with Gasteiger partial charge in [0.15, 0.2) is 0 Å². The Kier molecular flexibility index (Phi) is 5.69. The van der Waals surface area contributed by atoms with Gasteiger partial charge < -0.3 is 0 Å². The third-order valence-electron chi connectivity index (χ3n) is 5.12. The lowest BCUT2D eigenvalue weighted by Crippen LogP contribution is -2.11. The van der Waals surface area contributed by atoms with Gasteiger partial charge in [0.2, 0.25) is 0 Å². The second kappa shape index (κ2) is 8.15. The molecule has 0 bridgehead atoms. The van der Waals surface area contributed by atoms with E-state index in [-0.39, 0.29) is 0 Å². The van der Waals surface area contributed by atoms with E-state index in [1.165, 1.54) is 55.2 Å². The highest BCUT2D eigenvalue weighted by Crippen LogP contribution is 2.37. The van der Waals surface area contributed by atoms with Gasteiger partial charge in [0.25, 0.3) is 0 Å². The zero-order valence-corrected chi connectivity index (χ0v) is 14.2. The number of rotatable bonds is 5. The minimum Gasteiger partial charge on any atom is -0.0883 e. The molecule has 0 aromatic heterocycles. The van der Waals surface area contributed by atoms with Crippen molar-refractivity contribution in [3.8, 4) is 11.1 Å². The lowest BCUT2D eigenvalue weighted by atomic mass is 9.78. The van der Waals surface area contributed by atoms with Crippen molar-refractivity contribution in [1.82, 2.24) is 0 Å². The molecule has 0 atom stereocenters. The largest absolute Gasteiger partial charge is 0.0883 e. The van der Waals surface area contributed by atoms with Crippen LogP contribution in [0.3, 0.4) is 0 Å². The molecule has 0 amide bonds. The predicted octanol–water partition coefficient (Wildman–Crippen LogP) is 6.98. The molecule has 1 aliphatic carbocycles. The minimum absolute atomic E-state index is 0.760. The van der Waals surface area contributed by atoms with E-state index in [1.807, 2.05) is 0 Å². The van der Waals surface area contributed by atoms with Crippen LogP contribution in [-0.4, -0.2) is 0 Å². The van der Waals surface area contributed by atoms with Gasteiger partial charge in [-0.05, 0) is 60.6 Å². The van der Waals surface area contributed by atoms with Crippen LogP contribution in [0.15, 0.2) is 66.7 Å².